The van der Waals surface area contributed by atoms with Gasteiger partial charge in [-0.1, -0.05) is 0 Å². The van der Waals surface area contributed by atoms with Crippen molar-refractivity contribution in [3.05, 3.63) is 35.9 Å². The van der Waals surface area contributed by atoms with E-state index in [0.717, 1.165) is 22.9 Å². The van der Waals surface area contributed by atoms with E-state index in [2.05, 4.69) is 6.92 Å². The van der Waals surface area contributed by atoms with E-state index in [1.54, 1.807) is 0 Å². The molecule has 0 saturated heterocycles. The SMILES string of the molecule is CCCC[Te+](CC(=O)OCC)CC(=O)c1ccccc1.[Br-]. The summed E-state index contributed by atoms with van der Waals surface area (Å²) in [6.45, 7) is 4.38. The summed E-state index contributed by atoms with van der Waals surface area (Å²) in [5, 5.41) is 0. The summed E-state index contributed by atoms with van der Waals surface area (Å²) in [4.78, 5) is 23.9. The molecule has 0 unspecified atom stereocenters. The molecule has 118 valence electrons. The second kappa shape index (κ2) is 12.2. The Bertz CT molecular complexity index is 423. The summed E-state index contributed by atoms with van der Waals surface area (Å²) in [6, 6.07) is 9.37. The Morgan fingerprint density at radius 1 is 1.10 bits per heavy atom. The fourth-order valence-electron chi connectivity index (χ4n) is 1.81. The van der Waals surface area contributed by atoms with Gasteiger partial charge in [0.25, 0.3) is 0 Å². The number of unbranched alkanes of at least 4 members (excludes halogenated alkanes) is 1. The molecule has 0 aliphatic carbocycles. The van der Waals surface area contributed by atoms with Crippen LogP contribution in [0.1, 0.15) is 37.0 Å². The maximum Gasteiger partial charge on any atom is -1.00 e. The van der Waals surface area contributed by atoms with E-state index in [-0.39, 0.29) is 28.7 Å². The number of hydrogen-bond donors (Lipinski definition) is 0. The second-order valence-corrected chi connectivity index (χ2v) is 10.9. The zero-order chi connectivity index (χ0) is 14.8. The molecule has 0 atom stereocenters. The Labute approximate surface area is 144 Å². The molecule has 0 aliphatic heterocycles. The monoisotopic (exact) mass is 472 g/mol. The van der Waals surface area contributed by atoms with Crippen LogP contribution < -0.4 is 17.0 Å². The Morgan fingerprint density at radius 2 is 1.76 bits per heavy atom. The van der Waals surface area contributed by atoms with Gasteiger partial charge in [-0.2, -0.15) is 0 Å². The molecule has 0 aromatic heterocycles. The standard InChI is InChI=1S/C16H23O3Te.BrH/c1-3-5-11-20(13-16(18)19-4-2)12-15(17)14-9-7-6-8-10-14;/h6-10H,3-5,11-13H2,1-2H3;1H/q+1;/p-1. The summed E-state index contributed by atoms with van der Waals surface area (Å²) in [6.07, 6.45) is 2.22. The molecule has 1 rings (SSSR count). The van der Waals surface area contributed by atoms with Crippen molar-refractivity contribution in [1.29, 1.82) is 0 Å². The van der Waals surface area contributed by atoms with Gasteiger partial charge in [-0.25, -0.2) is 0 Å². The maximum absolute atomic E-state index is 12.2. The minimum atomic E-state index is -1.72. The normalized spacial score (nSPS) is 10.0. The van der Waals surface area contributed by atoms with E-state index >= 15 is 0 Å². The number of hydrogen-bond acceptors (Lipinski definition) is 3. The molecule has 5 heteroatoms. The van der Waals surface area contributed by atoms with E-state index < -0.39 is 19.6 Å². The average molecular weight is 471 g/mol. The topological polar surface area (TPSA) is 43.4 Å². The minimum Gasteiger partial charge on any atom is -1.00 e. The summed E-state index contributed by atoms with van der Waals surface area (Å²) < 4.78 is 7.20. The zero-order valence-electron chi connectivity index (χ0n) is 12.6. The van der Waals surface area contributed by atoms with Crippen LogP contribution in [0.4, 0.5) is 0 Å². The Hall–Kier alpha value is -0.370. The van der Waals surface area contributed by atoms with Crippen molar-refractivity contribution < 1.29 is 31.3 Å². The van der Waals surface area contributed by atoms with Crippen molar-refractivity contribution in [1.82, 2.24) is 0 Å². The molecule has 0 radical (unpaired) electrons. The first kappa shape index (κ1) is 20.6. The van der Waals surface area contributed by atoms with Crippen LogP contribution in [0.2, 0.25) is 13.4 Å². The maximum atomic E-state index is 12.2. The molecule has 0 saturated carbocycles. The molecule has 0 spiro atoms. The quantitative estimate of drug-likeness (QED) is 0.304. The van der Waals surface area contributed by atoms with Gasteiger partial charge in [0.1, 0.15) is 0 Å². The van der Waals surface area contributed by atoms with Crippen molar-refractivity contribution in [3.63, 3.8) is 0 Å². The van der Waals surface area contributed by atoms with E-state index in [9.17, 15) is 9.59 Å². The van der Waals surface area contributed by atoms with Gasteiger partial charge >= 0.3 is 128 Å². The summed E-state index contributed by atoms with van der Waals surface area (Å²) in [5.74, 6) is 0.0590. The van der Waals surface area contributed by atoms with Crippen molar-refractivity contribution in [2.75, 3.05) is 6.61 Å². The van der Waals surface area contributed by atoms with Crippen molar-refractivity contribution >= 4 is 31.3 Å². The summed E-state index contributed by atoms with van der Waals surface area (Å²) in [7, 11) is 0. The number of esters is 1. The first-order valence-corrected chi connectivity index (χ1v) is 12.0. The molecule has 1 aromatic rings. The van der Waals surface area contributed by atoms with Gasteiger partial charge in [0.2, 0.25) is 0 Å². The summed E-state index contributed by atoms with van der Waals surface area (Å²) >= 11 is -1.72. The number of halogens is 1. The molecular weight excluding hydrogens is 448 g/mol. The van der Waals surface area contributed by atoms with Gasteiger partial charge in [-0.15, -0.1) is 0 Å². The van der Waals surface area contributed by atoms with Crippen molar-refractivity contribution in [2.24, 2.45) is 0 Å². The number of rotatable bonds is 9. The van der Waals surface area contributed by atoms with Crippen LogP contribution in [0.15, 0.2) is 30.3 Å². The van der Waals surface area contributed by atoms with Crippen LogP contribution in [0.3, 0.4) is 0 Å². The third-order valence-electron chi connectivity index (χ3n) is 2.84. The number of carbonyl (C=O) groups is 2. The number of Topliss-reactive ketones (excluding diaryl/α,β-unsaturated/α-hetero) is 1. The van der Waals surface area contributed by atoms with E-state index in [1.165, 1.54) is 0 Å². The van der Waals surface area contributed by atoms with Gasteiger partial charge < -0.3 is 17.0 Å². The van der Waals surface area contributed by atoms with Crippen LogP contribution in [-0.4, -0.2) is 37.9 Å². The Morgan fingerprint density at radius 3 is 2.33 bits per heavy atom. The molecule has 21 heavy (non-hydrogen) atoms. The van der Waals surface area contributed by atoms with Crippen LogP contribution in [-0.2, 0) is 9.53 Å². The van der Waals surface area contributed by atoms with Gasteiger partial charge in [-0.05, 0) is 0 Å². The average Bonchev–Trinajstić information content (AvgIpc) is 2.45. The van der Waals surface area contributed by atoms with Crippen LogP contribution >= 0.6 is 0 Å². The number of benzene rings is 1. The third kappa shape index (κ3) is 8.60. The van der Waals surface area contributed by atoms with E-state index in [1.807, 2.05) is 37.3 Å². The van der Waals surface area contributed by atoms with Crippen LogP contribution in [0.5, 0.6) is 0 Å². The Kier molecular flexibility index (Phi) is 12.0. The second-order valence-electron chi connectivity index (χ2n) is 4.55. The van der Waals surface area contributed by atoms with Gasteiger partial charge in [0, 0.05) is 0 Å². The molecule has 0 N–H and O–H groups in total. The van der Waals surface area contributed by atoms with E-state index in [0.29, 0.717) is 15.5 Å². The van der Waals surface area contributed by atoms with Crippen molar-refractivity contribution in [3.8, 4) is 0 Å². The predicted octanol–water partition coefficient (Wildman–Crippen LogP) is 0.731. The molecule has 3 nitrogen and oxygen atoms in total. The fraction of sp³-hybridized carbons (Fsp3) is 0.500. The largest absolute Gasteiger partial charge is 1.00 e. The van der Waals surface area contributed by atoms with Crippen molar-refractivity contribution in [2.45, 2.75) is 40.1 Å². The smallest absolute Gasteiger partial charge is 1.00 e. The zero-order valence-corrected chi connectivity index (χ0v) is 16.6. The number of ketones is 1. The Balaban J connectivity index is 0.00000400. The minimum absolute atomic E-state index is 0. The molecular formula is C16H23BrO3Te. The van der Waals surface area contributed by atoms with Gasteiger partial charge in [0.15, 0.2) is 0 Å². The van der Waals surface area contributed by atoms with Gasteiger partial charge in [0.05, 0.1) is 0 Å². The van der Waals surface area contributed by atoms with Crippen LogP contribution in [0.25, 0.3) is 0 Å². The summed E-state index contributed by atoms with van der Waals surface area (Å²) in [5.41, 5.74) is 0.763. The van der Waals surface area contributed by atoms with Gasteiger partial charge in [-0.3, -0.25) is 0 Å². The predicted molar refractivity (Wildman–Crippen MR) is 82.5 cm³/mol. The first-order chi connectivity index (χ1) is 9.67. The molecule has 1 aromatic carbocycles. The molecule has 0 amide bonds. The molecule has 0 bridgehead atoms. The fourth-order valence-corrected chi connectivity index (χ4v) is 7.63. The molecule has 0 fully saturated rings. The van der Waals surface area contributed by atoms with E-state index in [4.69, 9.17) is 4.74 Å². The molecule has 0 aliphatic rings. The van der Waals surface area contributed by atoms with Crippen LogP contribution in [0, 0.1) is 0 Å². The number of carbonyl (C=O) groups excluding carboxylic acids is 2. The first-order valence-electron chi connectivity index (χ1n) is 7.05. The third-order valence-corrected chi connectivity index (χ3v) is 9.07. The molecule has 0 heterocycles. The number of ether oxygens (including phenoxy) is 1.